The van der Waals surface area contributed by atoms with Crippen molar-refractivity contribution < 1.29 is 4.79 Å². The summed E-state index contributed by atoms with van der Waals surface area (Å²) >= 11 is 0. The molecule has 1 N–H and O–H groups in total. The molecule has 0 unspecified atom stereocenters. The van der Waals surface area contributed by atoms with Crippen molar-refractivity contribution >= 4 is 5.91 Å². The summed E-state index contributed by atoms with van der Waals surface area (Å²) in [6, 6.07) is 0. The summed E-state index contributed by atoms with van der Waals surface area (Å²) < 4.78 is 0. The van der Waals surface area contributed by atoms with E-state index >= 15 is 0 Å². The van der Waals surface area contributed by atoms with Gasteiger partial charge in [-0.2, -0.15) is 0 Å². The zero-order valence-electron chi connectivity index (χ0n) is 12.0. The zero-order chi connectivity index (χ0) is 13.0. The van der Waals surface area contributed by atoms with Crippen molar-refractivity contribution in [2.45, 2.75) is 63.8 Å². The van der Waals surface area contributed by atoms with Crippen LogP contribution in [0.15, 0.2) is 0 Å². The van der Waals surface area contributed by atoms with Gasteiger partial charge in [0, 0.05) is 24.5 Å². The molecule has 1 aliphatic heterocycles. The molecule has 0 aromatic heterocycles. The number of rotatable bonds is 2. The molecule has 18 heavy (non-hydrogen) atoms. The molecule has 2 rings (SSSR count). The minimum Gasteiger partial charge on any atom is -0.342 e. The van der Waals surface area contributed by atoms with Gasteiger partial charge in [-0.3, -0.25) is 4.79 Å². The second-order valence-electron chi connectivity index (χ2n) is 6.32. The third-order valence-corrected chi connectivity index (χ3v) is 4.99. The molecule has 2 aliphatic rings. The van der Waals surface area contributed by atoms with Gasteiger partial charge < -0.3 is 10.2 Å². The van der Waals surface area contributed by atoms with E-state index in [9.17, 15) is 4.79 Å². The Morgan fingerprint density at radius 2 is 1.67 bits per heavy atom. The van der Waals surface area contributed by atoms with Crippen molar-refractivity contribution in [2.24, 2.45) is 5.92 Å². The molecule has 3 nitrogen and oxygen atoms in total. The zero-order valence-corrected chi connectivity index (χ0v) is 12.0. The summed E-state index contributed by atoms with van der Waals surface area (Å²) in [4.78, 5) is 14.6. The van der Waals surface area contributed by atoms with Gasteiger partial charge in [0.25, 0.3) is 0 Å². The maximum absolute atomic E-state index is 12.5. The molecule has 0 aromatic rings. The highest BCUT2D eigenvalue weighted by Crippen LogP contribution is 2.27. The normalized spacial score (nSPS) is 25.8. The van der Waals surface area contributed by atoms with Crippen LogP contribution in [0.2, 0.25) is 0 Å². The van der Waals surface area contributed by atoms with Crippen LogP contribution >= 0.6 is 0 Å². The van der Waals surface area contributed by atoms with Crippen LogP contribution in [0.3, 0.4) is 0 Å². The van der Waals surface area contributed by atoms with E-state index in [1.165, 1.54) is 25.7 Å². The number of carbonyl (C=O) groups is 1. The van der Waals surface area contributed by atoms with Gasteiger partial charge in [0.1, 0.15) is 0 Å². The van der Waals surface area contributed by atoms with Crippen molar-refractivity contribution in [3.05, 3.63) is 0 Å². The molecular formula is C15H28N2O. The smallest absolute Gasteiger partial charge is 0.225 e. The Kier molecular flexibility index (Phi) is 4.66. The molecule has 1 saturated carbocycles. The number of likely N-dealkylation sites (tertiary alicyclic amines) is 1. The Bertz CT molecular complexity index is 274. The lowest BCUT2D eigenvalue weighted by molar-refractivity contribution is -0.137. The van der Waals surface area contributed by atoms with Crippen LogP contribution in [0.5, 0.6) is 0 Å². The van der Waals surface area contributed by atoms with E-state index in [-0.39, 0.29) is 5.54 Å². The molecule has 0 radical (unpaired) electrons. The first-order chi connectivity index (χ1) is 8.64. The predicted octanol–water partition coefficient (Wildman–Crippen LogP) is 2.56. The van der Waals surface area contributed by atoms with Crippen LogP contribution in [-0.2, 0) is 4.79 Å². The van der Waals surface area contributed by atoms with Crippen LogP contribution in [0.4, 0.5) is 0 Å². The van der Waals surface area contributed by atoms with Gasteiger partial charge in [0.15, 0.2) is 0 Å². The van der Waals surface area contributed by atoms with Crippen LogP contribution in [0.1, 0.15) is 58.3 Å². The van der Waals surface area contributed by atoms with Crippen molar-refractivity contribution in [2.75, 3.05) is 20.1 Å². The Hall–Kier alpha value is -0.570. The Morgan fingerprint density at radius 3 is 2.17 bits per heavy atom. The van der Waals surface area contributed by atoms with Gasteiger partial charge in [-0.15, -0.1) is 0 Å². The van der Waals surface area contributed by atoms with E-state index in [2.05, 4.69) is 17.1 Å². The lowest BCUT2D eigenvalue weighted by Crippen LogP contribution is -2.52. The SMILES string of the molecule is CNC1(C)CCN(C(=O)C2CCCCCC2)CC1. The molecule has 3 heteroatoms. The average Bonchev–Trinajstić information content (AvgIpc) is 2.68. The number of hydrogen-bond donors (Lipinski definition) is 1. The van der Waals surface area contributed by atoms with Crippen molar-refractivity contribution in [1.82, 2.24) is 10.2 Å². The molecule has 2 fully saturated rings. The van der Waals surface area contributed by atoms with Crippen molar-refractivity contribution in [1.29, 1.82) is 0 Å². The summed E-state index contributed by atoms with van der Waals surface area (Å²) in [6.07, 6.45) is 9.56. The molecule has 0 spiro atoms. The molecule has 0 aromatic carbocycles. The van der Waals surface area contributed by atoms with Crippen LogP contribution in [-0.4, -0.2) is 36.5 Å². The van der Waals surface area contributed by atoms with E-state index in [0.717, 1.165) is 38.8 Å². The quantitative estimate of drug-likeness (QED) is 0.766. The number of nitrogens with one attached hydrogen (secondary N) is 1. The molecule has 0 atom stereocenters. The maximum Gasteiger partial charge on any atom is 0.225 e. The summed E-state index contributed by atoms with van der Waals surface area (Å²) in [5.74, 6) is 0.765. The van der Waals surface area contributed by atoms with Gasteiger partial charge >= 0.3 is 0 Å². The molecule has 1 saturated heterocycles. The van der Waals surface area contributed by atoms with Gasteiger partial charge in [-0.05, 0) is 39.7 Å². The van der Waals surface area contributed by atoms with Gasteiger partial charge in [-0.1, -0.05) is 25.7 Å². The van der Waals surface area contributed by atoms with Gasteiger partial charge in [0.2, 0.25) is 5.91 Å². The fourth-order valence-electron chi connectivity index (χ4n) is 3.26. The highest BCUT2D eigenvalue weighted by molar-refractivity contribution is 5.79. The molecule has 1 aliphatic carbocycles. The number of hydrogen-bond acceptors (Lipinski definition) is 2. The monoisotopic (exact) mass is 252 g/mol. The second kappa shape index (κ2) is 6.05. The number of amides is 1. The second-order valence-corrected chi connectivity index (χ2v) is 6.32. The van der Waals surface area contributed by atoms with E-state index in [1.807, 2.05) is 7.05 Å². The Labute approximate surface area is 111 Å². The summed E-state index contributed by atoms with van der Waals surface area (Å²) in [5.41, 5.74) is 0.236. The van der Waals surface area contributed by atoms with Crippen LogP contribution in [0, 0.1) is 5.92 Å². The number of carbonyl (C=O) groups excluding carboxylic acids is 1. The molecule has 1 amide bonds. The highest BCUT2D eigenvalue weighted by Gasteiger charge is 2.32. The fraction of sp³-hybridized carbons (Fsp3) is 0.933. The molecule has 0 bridgehead atoms. The minimum absolute atomic E-state index is 0.236. The first-order valence-corrected chi connectivity index (χ1v) is 7.62. The summed E-state index contributed by atoms with van der Waals surface area (Å²) in [6.45, 7) is 4.14. The van der Waals surface area contributed by atoms with Crippen LogP contribution < -0.4 is 5.32 Å². The summed E-state index contributed by atoms with van der Waals surface area (Å²) in [5, 5.41) is 3.39. The Balaban J connectivity index is 1.86. The first kappa shape index (κ1) is 13.9. The summed E-state index contributed by atoms with van der Waals surface area (Å²) in [7, 11) is 2.03. The lowest BCUT2D eigenvalue weighted by Gasteiger charge is -2.40. The van der Waals surface area contributed by atoms with Gasteiger partial charge in [-0.25, -0.2) is 0 Å². The maximum atomic E-state index is 12.5. The standard InChI is InChI=1S/C15H28N2O/c1-15(16-2)9-11-17(12-10-15)14(18)13-7-5-3-4-6-8-13/h13,16H,3-12H2,1-2H3. The average molecular weight is 252 g/mol. The highest BCUT2D eigenvalue weighted by atomic mass is 16.2. The molecule has 1 heterocycles. The third-order valence-electron chi connectivity index (χ3n) is 4.99. The van der Waals surface area contributed by atoms with E-state index < -0.39 is 0 Å². The number of piperidine rings is 1. The topological polar surface area (TPSA) is 32.3 Å². The fourth-order valence-corrected chi connectivity index (χ4v) is 3.26. The lowest BCUT2D eigenvalue weighted by atomic mass is 9.88. The minimum atomic E-state index is 0.236. The first-order valence-electron chi connectivity index (χ1n) is 7.62. The third kappa shape index (κ3) is 3.25. The van der Waals surface area contributed by atoms with Crippen molar-refractivity contribution in [3.8, 4) is 0 Å². The number of nitrogens with zero attached hydrogens (tertiary/aromatic N) is 1. The van der Waals surface area contributed by atoms with Gasteiger partial charge in [0.05, 0.1) is 0 Å². The van der Waals surface area contributed by atoms with Crippen molar-refractivity contribution in [3.63, 3.8) is 0 Å². The van der Waals surface area contributed by atoms with Crippen LogP contribution in [0.25, 0.3) is 0 Å². The largest absolute Gasteiger partial charge is 0.342 e. The Morgan fingerprint density at radius 1 is 1.11 bits per heavy atom. The molecule has 104 valence electrons. The molecular weight excluding hydrogens is 224 g/mol. The van der Waals surface area contributed by atoms with E-state index in [4.69, 9.17) is 0 Å². The predicted molar refractivity (Wildman–Crippen MR) is 74.5 cm³/mol. The van der Waals surface area contributed by atoms with E-state index in [1.54, 1.807) is 0 Å². The van der Waals surface area contributed by atoms with E-state index in [0.29, 0.717) is 11.8 Å².